The number of aryl methyl sites for hydroxylation is 3. The second-order valence-corrected chi connectivity index (χ2v) is 22.2. The lowest BCUT2D eigenvalue weighted by Crippen LogP contribution is -1.95. The van der Waals surface area contributed by atoms with Gasteiger partial charge in [0.05, 0.1) is 0 Å². The Morgan fingerprint density at radius 1 is 0.169 bits per heavy atom. The van der Waals surface area contributed by atoms with E-state index in [1.54, 1.807) is 0 Å². The molecule has 0 aliphatic heterocycles. The van der Waals surface area contributed by atoms with E-state index in [1.165, 1.54) is 202 Å². The number of rotatable bonds is 4. The summed E-state index contributed by atoms with van der Waals surface area (Å²) in [6, 6.07) is 86.1. The first-order valence-corrected chi connectivity index (χ1v) is 27.2. The molecule has 0 N–H and O–H groups in total. The Balaban J connectivity index is 0.957. The molecule has 0 heteroatoms. The number of hydrogen-bond acceptors (Lipinski definition) is 0. The first kappa shape index (κ1) is 41.7. The third-order valence-electron chi connectivity index (χ3n) is 18.4. The van der Waals surface area contributed by atoms with E-state index >= 15 is 0 Å². The van der Waals surface area contributed by atoms with Gasteiger partial charge in [0, 0.05) is 0 Å². The standard InChI is InChI=1S/C77H46/c1-41-16-7-10-21-46(41)45-28-29-58-64(38-45)69(48-23-12-9-18-43(48)3)66-40-63-57-33-31-52-54-34-36-60-74-61(77-75-51-25-14-13-24-49(51)50-26-15-27-59(73(50)75)67(76(60)77)44-19-5-4-6-20-44)37-35-55(71(54)74)53-30-32-56(72(57)70(52)53)62(63)39-65(66)68(58)47-22-11-8-17-42(47)2/h4-40H,1-3H3. The molecule has 0 fully saturated rings. The topological polar surface area (TPSA) is 0 Å². The van der Waals surface area contributed by atoms with Crippen molar-refractivity contribution < 1.29 is 0 Å². The fourth-order valence-electron chi connectivity index (χ4n) is 15.2. The maximum Gasteiger partial charge on any atom is -0.000696 e. The lowest BCUT2D eigenvalue weighted by molar-refractivity contribution is 1.46. The van der Waals surface area contributed by atoms with Crippen LogP contribution in [-0.2, 0) is 0 Å². The molecule has 0 heterocycles. The van der Waals surface area contributed by atoms with Crippen LogP contribution in [0.1, 0.15) is 16.7 Å². The van der Waals surface area contributed by atoms with Crippen LogP contribution in [0.15, 0.2) is 224 Å². The Hall–Kier alpha value is -9.62. The predicted molar refractivity (Wildman–Crippen MR) is 333 cm³/mol. The highest BCUT2D eigenvalue weighted by Crippen LogP contribution is 2.59. The van der Waals surface area contributed by atoms with E-state index < -0.39 is 0 Å². The van der Waals surface area contributed by atoms with Gasteiger partial charge in [-0.25, -0.2) is 0 Å². The van der Waals surface area contributed by atoms with E-state index in [0.29, 0.717) is 0 Å². The van der Waals surface area contributed by atoms with Crippen LogP contribution in [0, 0.1) is 20.8 Å². The molecule has 0 bridgehead atoms. The van der Waals surface area contributed by atoms with E-state index in [0.717, 1.165) is 0 Å². The molecule has 0 saturated heterocycles. The molecule has 0 unspecified atom stereocenters. The summed E-state index contributed by atoms with van der Waals surface area (Å²) in [5.41, 5.74) is 19.4. The quantitative estimate of drug-likeness (QED) is 0.122. The van der Waals surface area contributed by atoms with Gasteiger partial charge in [0.2, 0.25) is 0 Å². The van der Waals surface area contributed by atoms with E-state index in [1.807, 2.05) is 0 Å². The van der Waals surface area contributed by atoms with Gasteiger partial charge in [0.1, 0.15) is 0 Å². The first-order chi connectivity index (χ1) is 38.0. The summed E-state index contributed by atoms with van der Waals surface area (Å²) >= 11 is 0. The molecule has 354 valence electrons. The zero-order valence-electron chi connectivity index (χ0n) is 42.9. The molecule has 1 aliphatic carbocycles. The number of fused-ring (bicyclic) bond motifs is 14. The van der Waals surface area contributed by atoms with Crippen LogP contribution in [0.2, 0.25) is 0 Å². The van der Waals surface area contributed by atoms with Gasteiger partial charge in [-0.2, -0.15) is 0 Å². The largest absolute Gasteiger partial charge is 0.0622 e. The fourth-order valence-corrected chi connectivity index (χ4v) is 15.2. The molecule has 0 saturated carbocycles. The smallest absolute Gasteiger partial charge is 0.000696 e. The molecule has 1 aliphatic rings. The SMILES string of the molecule is Cc1ccccc1-c1ccc2c(-c3ccccc3C)c3cc4c(cc3c(-c3ccccc3C)c2c1)-c1ccc2c3ccc5c6c(-c7ccccc7)c7cccc8c9ccccc9c(c78)c6c6ccc(c7ccc-4c1c27)c3c56. The summed E-state index contributed by atoms with van der Waals surface area (Å²) in [7, 11) is 0. The van der Waals surface area contributed by atoms with Crippen molar-refractivity contribution in [2.45, 2.75) is 20.8 Å². The summed E-state index contributed by atoms with van der Waals surface area (Å²) < 4.78 is 0. The molecule has 0 aromatic heterocycles. The van der Waals surface area contributed by atoms with Crippen LogP contribution >= 0.6 is 0 Å². The first-order valence-electron chi connectivity index (χ1n) is 27.2. The lowest BCUT2D eigenvalue weighted by Gasteiger charge is -2.22. The summed E-state index contributed by atoms with van der Waals surface area (Å²) in [5.74, 6) is 0. The van der Waals surface area contributed by atoms with Crippen molar-refractivity contribution in [2.75, 3.05) is 0 Å². The van der Waals surface area contributed by atoms with Gasteiger partial charge in [-0.15, -0.1) is 0 Å². The fraction of sp³-hybridized carbons (Fsp3) is 0.0390. The van der Waals surface area contributed by atoms with Crippen LogP contribution in [-0.4, -0.2) is 0 Å². The van der Waals surface area contributed by atoms with Crippen LogP contribution < -0.4 is 0 Å². The Labute approximate surface area is 444 Å². The van der Waals surface area contributed by atoms with Gasteiger partial charge in [0.15, 0.2) is 0 Å². The Morgan fingerprint density at radius 2 is 0.571 bits per heavy atom. The molecule has 0 nitrogen and oxygen atoms in total. The summed E-state index contributed by atoms with van der Waals surface area (Å²) in [6.07, 6.45) is 0. The number of benzene rings is 15. The average molecular weight is 971 g/mol. The second kappa shape index (κ2) is 14.8. The van der Waals surface area contributed by atoms with Crippen LogP contribution in [0.4, 0.5) is 0 Å². The minimum Gasteiger partial charge on any atom is -0.0622 e. The van der Waals surface area contributed by atoms with Gasteiger partial charge in [0.25, 0.3) is 0 Å². The van der Waals surface area contributed by atoms with Crippen molar-refractivity contribution in [3.63, 3.8) is 0 Å². The molecule has 17 aromatic rings. The van der Waals surface area contributed by atoms with E-state index in [4.69, 9.17) is 0 Å². The Kier molecular flexibility index (Phi) is 8.02. The predicted octanol–water partition coefficient (Wildman–Crippen LogP) is 21.9. The van der Waals surface area contributed by atoms with Crippen LogP contribution in [0.5, 0.6) is 0 Å². The van der Waals surface area contributed by atoms with Gasteiger partial charge >= 0.3 is 0 Å². The van der Waals surface area contributed by atoms with E-state index in [-0.39, 0.29) is 0 Å². The van der Waals surface area contributed by atoms with E-state index in [9.17, 15) is 0 Å². The zero-order valence-corrected chi connectivity index (χ0v) is 42.9. The van der Waals surface area contributed by atoms with Gasteiger partial charge < -0.3 is 0 Å². The summed E-state index contributed by atoms with van der Waals surface area (Å²) in [4.78, 5) is 0. The van der Waals surface area contributed by atoms with Gasteiger partial charge in [-0.1, -0.05) is 206 Å². The monoisotopic (exact) mass is 970 g/mol. The molecule has 0 spiro atoms. The molecular formula is C77H46. The Morgan fingerprint density at radius 3 is 1.21 bits per heavy atom. The third kappa shape index (κ3) is 5.23. The molecule has 0 radical (unpaired) electrons. The molecule has 17 aromatic carbocycles. The van der Waals surface area contributed by atoms with Crippen molar-refractivity contribution in [2.24, 2.45) is 0 Å². The highest BCUT2D eigenvalue weighted by Gasteiger charge is 2.31. The van der Waals surface area contributed by atoms with Gasteiger partial charge in [-0.05, 0) is 241 Å². The third-order valence-corrected chi connectivity index (χ3v) is 18.4. The van der Waals surface area contributed by atoms with Crippen molar-refractivity contribution in [3.05, 3.63) is 241 Å². The minimum absolute atomic E-state index is 1.24. The van der Waals surface area contributed by atoms with Crippen molar-refractivity contribution in [3.8, 4) is 66.8 Å². The lowest BCUT2D eigenvalue weighted by atomic mass is 9.81. The Bertz CT molecular complexity index is 5440. The maximum atomic E-state index is 2.57. The maximum absolute atomic E-state index is 2.57. The van der Waals surface area contributed by atoms with Crippen molar-refractivity contribution in [1.82, 2.24) is 0 Å². The number of hydrogen-bond donors (Lipinski definition) is 0. The normalized spacial score (nSPS) is 12.6. The highest BCUT2D eigenvalue weighted by molar-refractivity contribution is 6.51. The zero-order chi connectivity index (χ0) is 50.5. The summed E-state index contributed by atoms with van der Waals surface area (Å²) in [5, 5.41) is 29.4. The summed E-state index contributed by atoms with van der Waals surface area (Å²) in [6.45, 7) is 6.78. The van der Waals surface area contributed by atoms with Crippen molar-refractivity contribution >= 4 is 118 Å². The molecule has 77 heavy (non-hydrogen) atoms. The molecular weight excluding hydrogens is 925 g/mol. The minimum atomic E-state index is 1.24. The van der Waals surface area contributed by atoms with Gasteiger partial charge in [-0.3, -0.25) is 0 Å². The van der Waals surface area contributed by atoms with Crippen molar-refractivity contribution in [1.29, 1.82) is 0 Å². The van der Waals surface area contributed by atoms with E-state index in [2.05, 4.69) is 245 Å². The average Bonchev–Trinajstić information content (AvgIpc) is 4.21. The van der Waals surface area contributed by atoms with Crippen LogP contribution in [0.3, 0.4) is 0 Å². The molecule has 0 amide bonds. The molecule has 0 atom stereocenters. The second-order valence-electron chi connectivity index (χ2n) is 22.2. The highest BCUT2D eigenvalue weighted by atomic mass is 14.3. The van der Waals surface area contributed by atoms with Crippen LogP contribution in [0.25, 0.3) is 185 Å². The molecule has 18 rings (SSSR count).